The van der Waals surface area contributed by atoms with E-state index in [4.69, 9.17) is 16.3 Å². The van der Waals surface area contributed by atoms with Gasteiger partial charge >= 0.3 is 0 Å². The summed E-state index contributed by atoms with van der Waals surface area (Å²) >= 11 is 6.44. The highest BCUT2D eigenvalue weighted by molar-refractivity contribution is 6.34. The first-order valence-electron chi connectivity index (χ1n) is 7.86. The van der Waals surface area contributed by atoms with Crippen molar-refractivity contribution in [2.24, 2.45) is 4.99 Å². The zero-order valence-corrected chi connectivity index (χ0v) is 13.8. The monoisotopic (exact) mass is 327 g/mol. The second-order valence-corrected chi connectivity index (χ2v) is 6.40. The second-order valence-electron chi connectivity index (χ2n) is 5.99. The van der Waals surface area contributed by atoms with Crippen LogP contribution in [0.4, 0.5) is 11.5 Å². The van der Waals surface area contributed by atoms with E-state index in [0.29, 0.717) is 0 Å². The number of nitrogens with zero attached hydrogens (tertiary/aromatic N) is 3. The lowest BCUT2D eigenvalue weighted by Gasteiger charge is -2.29. The molecule has 23 heavy (non-hydrogen) atoms. The molecule has 4 nitrogen and oxygen atoms in total. The van der Waals surface area contributed by atoms with Crippen molar-refractivity contribution in [1.29, 1.82) is 0 Å². The number of morpholine rings is 1. The zero-order valence-electron chi connectivity index (χ0n) is 13.1. The molecule has 2 aliphatic rings. The van der Waals surface area contributed by atoms with Crippen LogP contribution in [0.15, 0.2) is 35.5 Å². The number of benzene rings is 1. The Morgan fingerprint density at radius 2 is 2.00 bits per heavy atom. The first-order valence-corrected chi connectivity index (χ1v) is 8.24. The van der Waals surface area contributed by atoms with Crippen molar-refractivity contribution in [1.82, 2.24) is 4.98 Å². The van der Waals surface area contributed by atoms with Gasteiger partial charge in [0.1, 0.15) is 0 Å². The third kappa shape index (κ3) is 2.84. The van der Waals surface area contributed by atoms with Gasteiger partial charge in [0.25, 0.3) is 0 Å². The highest BCUT2D eigenvalue weighted by atomic mass is 35.5. The molecule has 5 heteroatoms. The van der Waals surface area contributed by atoms with Gasteiger partial charge in [-0.15, -0.1) is 0 Å². The van der Waals surface area contributed by atoms with E-state index >= 15 is 0 Å². The summed E-state index contributed by atoms with van der Waals surface area (Å²) in [7, 11) is 0. The smallest absolute Gasteiger partial charge is 0.155 e. The van der Waals surface area contributed by atoms with Crippen molar-refractivity contribution in [3.8, 4) is 0 Å². The molecule has 1 saturated heterocycles. The average Bonchev–Trinajstić information content (AvgIpc) is 2.99. The zero-order chi connectivity index (χ0) is 15.8. The first-order chi connectivity index (χ1) is 11.2. The van der Waals surface area contributed by atoms with Gasteiger partial charge in [-0.25, -0.2) is 9.98 Å². The van der Waals surface area contributed by atoms with E-state index in [-0.39, 0.29) is 0 Å². The normalized spacial score (nSPS) is 17.1. The van der Waals surface area contributed by atoms with Gasteiger partial charge in [0.15, 0.2) is 5.82 Å². The Hall–Kier alpha value is -1.91. The Morgan fingerprint density at radius 1 is 1.17 bits per heavy atom. The molecular formula is C18H18ClN3O. The molecule has 0 radical (unpaired) electrons. The van der Waals surface area contributed by atoms with Crippen LogP contribution < -0.4 is 4.90 Å². The van der Waals surface area contributed by atoms with Crippen molar-refractivity contribution in [2.45, 2.75) is 13.3 Å². The fourth-order valence-electron chi connectivity index (χ4n) is 3.11. The van der Waals surface area contributed by atoms with Gasteiger partial charge in [0, 0.05) is 47.5 Å². The fourth-order valence-corrected chi connectivity index (χ4v) is 3.34. The Morgan fingerprint density at radius 3 is 2.83 bits per heavy atom. The molecule has 0 aliphatic carbocycles. The third-order valence-electron chi connectivity index (χ3n) is 4.32. The van der Waals surface area contributed by atoms with Crippen molar-refractivity contribution in [3.63, 3.8) is 0 Å². The summed E-state index contributed by atoms with van der Waals surface area (Å²) in [4.78, 5) is 11.4. The fraction of sp³-hybridized carbons (Fsp3) is 0.333. The van der Waals surface area contributed by atoms with Gasteiger partial charge in [-0.2, -0.15) is 0 Å². The van der Waals surface area contributed by atoms with Gasteiger partial charge in [0.05, 0.1) is 18.9 Å². The Kier molecular flexibility index (Phi) is 3.79. The van der Waals surface area contributed by atoms with Gasteiger partial charge in [0.2, 0.25) is 0 Å². The maximum absolute atomic E-state index is 6.44. The van der Waals surface area contributed by atoms with E-state index in [2.05, 4.69) is 40.0 Å². The minimum Gasteiger partial charge on any atom is -0.378 e. The molecule has 0 bridgehead atoms. The molecule has 0 spiro atoms. The molecule has 0 unspecified atom stereocenters. The van der Waals surface area contributed by atoms with Crippen LogP contribution in [0.2, 0.25) is 5.02 Å². The highest BCUT2D eigenvalue weighted by Crippen LogP contribution is 2.32. The van der Waals surface area contributed by atoms with Gasteiger partial charge in [-0.05, 0) is 30.7 Å². The highest BCUT2D eigenvalue weighted by Gasteiger charge is 2.21. The number of fused-ring (bicyclic) bond motifs is 1. The van der Waals surface area contributed by atoms with E-state index in [1.807, 2.05) is 12.3 Å². The van der Waals surface area contributed by atoms with Crippen LogP contribution in [0, 0.1) is 6.92 Å². The topological polar surface area (TPSA) is 37.7 Å². The number of halogens is 1. The standard InChI is InChI=1S/C18H18ClN3O/c1-12-8-13-9-17(21-18(13)20-11-12)15-10-14(2-3-16(15)19)22-4-6-23-7-5-22/h2-3,8,10-11H,4-7,9H2,1H3. The van der Waals surface area contributed by atoms with E-state index in [0.717, 1.165) is 60.4 Å². The van der Waals surface area contributed by atoms with E-state index in [1.165, 1.54) is 11.3 Å². The number of rotatable bonds is 2. The quantitative estimate of drug-likeness (QED) is 0.846. The number of ether oxygens (including phenoxy) is 1. The van der Waals surface area contributed by atoms with Crippen molar-refractivity contribution in [3.05, 3.63) is 52.2 Å². The van der Waals surface area contributed by atoms with Gasteiger partial charge in [-0.1, -0.05) is 17.7 Å². The lowest BCUT2D eigenvalue weighted by molar-refractivity contribution is 0.122. The molecule has 1 aromatic carbocycles. The van der Waals surface area contributed by atoms with Gasteiger partial charge in [-0.3, -0.25) is 0 Å². The van der Waals surface area contributed by atoms with E-state index in [1.54, 1.807) is 0 Å². The minimum atomic E-state index is 0.741. The summed E-state index contributed by atoms with van der Waals surface area (Å²) in [5.74, 6) is 0.818. The molecular weight excluding hydrogens is 310 g/mol. The van der Waals surface area contributed by atoms with Crippen LogP contribution in [-0.4, -0.2) is 37.0 Å². The Bertz CT molecular complexity index is 782. The molecule has 2 aliphatic heterocycles. The maximum atomic E-state index is 6.44. The molecule has 0 atom stereocenters. The minimum absolute atomic E-state index is 0.741. The molecule has 3 heterocycles. The van der Waals surface area contributed by atoms with E-state index < -0.39 is 0 Å². The summed E-state index contributed by atoms with van der Waals surface area (Å²) in [6, 6.07) is 8.33. The Balaban J connectivity index is 1.67. The van der Waals surface area contributed by atoms with Crippen molar-refractivity contribution >= 4 is 28.8 Å². The summed E-state index contributed by atoms with van der Waals surface area (Å²) in [5, 5.41) is 0.741. The molecule has 0 saturated carbocycles. The molecule has 1 aromatic heterocycles. The van der Waals surface area contributed by atoms with Crippen LogP contribution in [0.5, 0.6) is 0 Å². The number of aliphatic imine (C=N–C) groups is 1. The van der Waals surface area contributed by atoms with Crippen molar-refractivity contribution in [2.75, 3.05) is 31.2 Å². The number of hydrogen-bond donors (Lipinski definition) is 0. The molecule has 0 N–H and O–H groups in total. The van der Waals surface area contributed by atoms with Crippen LogP contribution in [0.25, 0.3) is 0 Å². The summed E-state index contributed by atoms with van der Waals surface area (Å²) < 4.78 is 5.43. The van der Waals surface area contributed by atoms with Crippen LogP contribution >= 0.6 is 11.6 Å². The first kappa shape index (κ1) is 14.7. The lowest BCUT2D eigenvalue weighted by Crippen LogP contribution is -2.36. The number of aromatic nitrogens is 1. The maximum Gasteiger partial charge on any atom is 0.155 e. The summed E-state index contributed by atoms with van der Waals surface area (Å²) in [5.41, 5.74) is 5.52. The molecule has 1 fully saturated rings. The number of pyridine rings is 1. The second kappa shape index (κ2) is 5.95. The Labute approximate surface area is 140 Å². The lowest BCUT2D eigenvalue weighted by atomic mass is 10.0. The summed E-state index contributed by atoms with van der Waals surface area (Å²) in [6.45, 7) is 5.42. The largest absolute Gasteiger partial charge is 0.378 e. The molecule has 0 amide bonds. The average molecular weight is 328 g/mol. The predicted molar refractivity (Wildman–Crippen MR) is 93.4 cm³/mol. The molecule has 4 rings (SSSR count). The number of anilines is 1. The van der Waals surface area contributed by atoms with Gasteiger partial charge < -0.3 is 9.64 Å². The number of hydrogen-bond acceptors (Lipinski definition) is 4. The number of aryl methyl sites for hydroxylation is 1. The third-order valence-corrected chi connectivity index (χ3v) is 4.65. The SMILES string of the molecule is Cc1cnc2c(c1)CC(c1cc(N3CCOCC3)ccc1Cl)=N2. The van der Waals surface area contributed by atoms with Crippen LogP contribution in [0.1, 0.15) is 16.7 Å². The van der Waals surface area contributed by atoms with Crippen LogP contribution in [-0.2, 0) is 11.2 Å². The molecule has 2 aromatic rings. The van der Waals surface area contributed by atoms with E-state index in [9.17, 15) is 0 Å². The summed E-state index contributed by atoms with van der Waals surface area (Å²) in [6.07, 6.45) is 2.65. The van der Waals surface area contributed by atoms with Crippen LogP contribution in [0.3, 0.4) is 0 Å². The predicted octanol–water partition coefficient (Wildman–Crippen LogP) is 3.56. The van der Waals surface area contributed by atoms with Crippen molar-refractivity contribution < 1.29 is 4.74 Å². The molecule has 118 valence electrons.